The number of methoxy groups -OCH3 is 1. The second kappa shape index (κ2) is 9.41. The Bertz CT molecular complexity index is 1310. The van der Waals surface area contributed by atoms with Crippen LogP contribution in [0.4, 0.5) is 10.1 Å². The summed E-state index contributed by atoms with van der Waals surface area (Å²) in [5.74, 6) is -3.16. The summed E-state index contributed by atoms with van der Waals surface area (Å²) >= 11 is 7.43. The van der Waals surface area contributed by atoms with E-state index in [9.17, 15) is 19.5 Å². The molecule has 0 aromatic heterocycles. The van der Waals surface area contributed by atoms with E-state index in [0.29, 0.717) is 6.42 Å². The molecule has 216 valence electrons. The van der Waals surface area contributed by atoms with E-state index in [1.165, 1.54) is 19.3 Å². The average Bonchev–Trinajstić information content (AvgIpc) is 3.13. The van der Waals surface area contributed by atoms with Crippen LogP contribution in [0, 0.1) is 28.6 Å². The molecule has 1 aromatic carbocycles. The predicted octanol–water partition coefficient (Wildman–Crippen LogP) is 4.66. The molecule has 0 radical (unpaired) electrons. The molecule has 0 bridgehead atoms. The fourth-order valence-electron chi connectivity index (χ4n) is 8.47. The Labute approximate surface area is 239 Å². The molecule has 7 nitrogen and oxygen atoms in total. The Kier molecular flexibility index (Phi) is 6.78. The maximum absolute atomic E-state index is 15.8. The zero-order valence-corrected chi connectivity index (χ0v) is 24.5. The monoisotopic (exact) mass is 573 g/mol. The molecule has 0 amide bonds. The van der Waals surface area contributed by atoms with Crippen LogP contribution in [0.5, 0.6) is 0 Å². The Hall–Kier alpha value is -2.71. The summed E-state index contributed by atoms with van der Waals surface area (Å²) < 4.78 is 27.3. The summed E-state index contributed by atoms with van der Waals surface area (Å²) in [6.45, 7) is 5.41. The van der Waals surface area contributed by atoms with Gasteiger partial charge < -0.3 is 19.5 Å². The van der Waals surface area contributed by atoms with Gasteiger partial charge in [-0.15, -0.1) is 11.6 Å². The number of carbonyl (C=O) groups is 3. The quantitative estimate of drug-likeness (QED) is 0.414. The summed E-state index contributed by atoms with van der Waals surface area (Å²) in [5, 5.41) is 11.8. The number of benzene rings is 1. The molecule has 9 atom stereocenters. The fourth-order valence-corrected chi connectivity index (χ4v) is 8.96. The zero-order chi connectivity index (χ0) is 29.4. The number of ether oxygens (including phenoxy) is 2. The number of fused-ring (bicyclic) bond motifs is 5. The van der Waals surface area contributed by atoms with Crippen LogP contribution in [-0.2, 0) is 19.1 Å². The number of hydrogen-bond donors (Lipinski definition) is 1. The number of ketones is 1. The molecular formula is C31H37ClFNO6. The highest BCUT2D eigenvalue weighted by atomic mass is 35.5. The predicted molar refractivity (Wildman–Crippen MR) is 149 cm³/mol. The van der Waals surface area contributed by atoms with Gasteiger partial charge in [-0.25, -0.2) is 14.0 Å². The van der Waals surface area contributed by atoms with Crippen molar-refractivity contribution in [3.8, 4) is 0 Å². The van der Waals surface area contributed by atoms with E-state index in [1.807, 2.05) is 32.8 Å². The number of allylic oxidation sites excluding steroid dienone is 4. The van der Waals surface area contributed by atoms with Crippen molar-refractivity contribution in [1.29, 1.82) is 0 Å². The Morgan fingerprint density at radius 1 is 1.12 bits per heavy atom. The lowest BCUT2D eigenvalue weighted by atomic mass is 9.45. The number of aliphatic hydroxyl groups is 1. The number of alkyl halides is 2. The summed E-state index contributed by atoms with van der Waals surface area (Å²) in [7, 11) is 5.03. The van der Waals surface area contributed by atoms with Gasteiger partial charge in [0.15, 0.2) is 5.78 Å². The first-order chi connectivity index (χ1) is 18.7. The van der Waals surface area contributed by atoms with Crippen LogP contribution in [0.2, 0.25) is 0 Å². The molecule has 5 rings (SSSR count). The molecular weight excluding hydrogens is 537 g/mol. The standard InChI is InChI=1S/C31H37ClFNO6/c1-17-13-21-22-15-24(33)23-14-20(35)11-12-28(23,2)30(22,32)25(36)16-29(21,3)31(17,27(38)39-6)40-26(37)18-7-9-19(10-8-18)34(4)5/h7-12,14,17,21-22,24-25,36H,13,15-16H2,1-6H3/t17-,21?,22?,24+,25+,28+,29+,30+,31+/m1/s1. The van der Waals surface area contributed by atoms with E-state index < -0.39 is 57.4 Å². The number of aliphatic hydroxyl groups excluding tert-OH is 1. The average molecular weight is 574 g/mol. The number of esters is 2. The molecule has 1 N–H and O–H groups in total. The van der Waals surface area contributed by atoms with E-state index in [2.05, 4.69) is 0 Å². The lowest BCUT2D eigenvalue weighted by Crippen LogP contribution is -2.70. The maximum atomic E-state index is 15.8. The van der Waals surface area contributed by atoms with Crippen molar-refractivity contribution in [2.45, 2.75) is 62.8 Å². The highest BCUT2D eigenvalue weighted by Crippen LogP contribution is 2.72. The van der Waals surface area contributed by atoms with Crippen LogP contribution < -0.4 is 4.90 Å². The SMILES string of the molecule is COC(=O)[C@@]1(OC(=O)c2ccc(N(C)C)cc2)[C@H](C)CC2C3C[C@H](F)C4=CC(=O)C=C[C@]4(C)[C@@]3(Cl)[C@@H](O)C[C@@]21C. The minimum absolute atomic E-state index is 0.0194. The molecule has 9 heteroatoms. The molecule has 0 saturated heterocycles. The Morgan fingerprint density at radius 2 is 1.77 bits per heavy atom. The van der Waals surface area contributed by atoms with E-state index >= 15 is 4.39 Å². The van der Waals surface area contributed by atoms with Crippen molar-refractivity contribution in [3.63, 3.8) is 0 Å². The van der Waals surface area contributed by atoms with Gasteiger partial charge in [0.2, 0.25) is 5.60 Å². The lowest BCUT2D eigenvalue weighted by molar-refractivity contribution is -0.199. The van der Waals surface area contributed by atoms with Crippen LogP contribution in [-0.4, -0.2) is 66.8 Å². The van der Waals surface area contributed by atoms with Gasteiger partial charge in [0.25, 0.3) is 0 Å². The first-order valence-corrected chi connectivity index (χ1v) is 14.1. The van der Waals surface area contributed by atoms with Gasteiger partial charge in [-0.05, 0) is 73.1 Å². The highest BCUT2D eigenvalue weighted by molar-refractivity contribution is 6.26. The number of hydrogen-bond acceptors (Lipinski definition) is 7. The van der Waals surface area contributed by atoms with E-state index in [0.717, 1.165) is 5.69 Å². The maximum Gasteiger partial charge on any atom is 0.351 e. The molecule has 2 unspecified atom stereocenters. The second-order valence-corrected chi connectivity index (χ2v) is 13.2. The van der Waals surface area contributed by atoms with Crippen molar-refractivity contribution in [2.24, 2.45) is 28.6 Å². The Morgan fingerprint density at radius 3 is 2.38 bits per heavy atom. The van der Waals surface area contributed by atoms with Crippen molar-refractivity contribution >= 4 is 35.0 Å². The molecule has 0 aliphatic heterocycles. The Balaban J connectivity index is 1.59. The van der Waals surface area contributed by atoms with E-state index in [-0.39, 0.29) is 35.7 Å². The summed E-state index contributed by atoms with van der Waals surface area (Å²) in [6.07, 6.45) is 2.05. The number of halogens is 2. The number of nitrogens with zero attached hydrogens (tertiary/aromatic N) is 1. The summed E-state index contributed by atoms with van der Waals surface area (Å²) in [6, 6.07) is 6.85. The van der Waals surface area contributed by atoms with Crippen molar-refractivity contribution < 1.29 is 33.4 Å². The third kappa shape index (κ3) is 3.60. The molecule has 4 aliphatic rings. The lowest BCUT2D eigenvalue weighted by Gasteiger charge is -2.64. The second-order valence-electron chi connectivity index (χ2n) is 12.6. The van der Waals surface area contributed by atoms with Gasteiger partial charge >= 0.3 is 11.9 Å². The smallest absolute Gasteiger partial charge is 0.351 e. The normalized spacial score (nSPS) is 41.8. The van der Waals surface area contributed by atoms with Crippen LogP contribution in [0.25, 0.3) is 0 Å². The van der Waals surface area contributed by atoms with Gasteiger partial charge in [0.1, 0.15) is 6.17 Å². The van der Waals surface area contributed by atoms with Gasteiger partial charge in [-0.3, -0.25) is 4.79 Å². The van der Waals surface area contributed by atoms with Crippen molar-refractivity contribution in [1.82, 2.24) is 0 Å². The molecule has 4 aliphatic carbocycles. The third-order valence-corrected chi connectivity index (χ3v) is 11.5. The summed E-state index contributed by atoms with van der Waals surface area (Å²) in [4.78, 5) is 40.0. The van der Waals surface area contributed by atoms with Gasteiger partial charge in [0, 0.05) is 36.5 Å². The summed E-state index contributed by atoms with van der Waals surface area (Å²) in [5.41, 5.74) is -2.51. The largest absolute Gasteiger partial charge is 0.466 e. The van der Waals surface area contributed by atoms with Gasteiger partial charge in [-0.2, -0.15) is 0 Å². The van der Waals surface area contributed by atoms with Crippen LogP contribution in [0.1, 0.15) is 50.4 Å². The van der Waals surface area contributed by atoms with Crippen LogP contribution in [0.15, 0.2) is 48.1 Å². The first kappa shape index (κ1) is 28.8. The first-order valence-electron chi connectivity index (χ1n) is 13.7. The topological polar surface area (TPSA) is 93.1 Å². The number of anilines is 1. The van der Waals surface area contributed by atoms with E-state index in [4.69, 9.17) is 21.1 Å². The van der Waals surface area contributed by atoms with Crippen molar-refractivity contribution in [2.75, 3.05) is 26.1 Å². The van der Waals surface area contributed by atoms with Crippen molar-refractivity contribution in [3.05, 3.63) is 53.6 Å². The fraction of sp³-hybridized carbons (Fsp3) is 0.581. The van der Waals surface area contributed by atoms with Crippen LogP contribution in [0.3, 0.4) is 0 Å². The third-order valence-electron chi connectivity index (χ3n) is 10.5. The number of rotatable bonds is 4. The molecule has 0 spiro atoms. The molecule has 3 fully saturated rings. The van der Waals surface area contributed by atoms with Crippen LogP contribution >= 0.6 is 11.6 Å². The molecule has 3 saturated carbocycles. The minimum Gasteiger partial charge on any atom is -0.466 e. The van der Waals surface area contributed by atoms with Gasteiger partial charge in [-0.1, -0.05) is 26.8 Å². The molecule has 1 aromatic rings. The van der Waals surface area contributed by atoms with E-state index in [1.54, 1.807) is 37.3 Å². The highest BCUT2D eigenvalue weighted by Gasteiger charge is 2.78. The molecule has 0 heterocycles. The minimum atomic E-state index is -1.73. The van der Waals surface area contributed by atoms with Gasteiger partial charge in [0.05, 0.1) is 23.7 Å². The molecule has 40 heavy (non-hydrogen) atoms. The number of carbonyl (C=O) groups excluding carboxylic acids is 3. The zero-order valence-electron chi connectivity index (χ0n) is 23.7.